The number of carbonyl (C=O) groups is 1. The number of nitrogens with one attached hydrogen (secondary N) is 1. The van der Waals surface area contributed by atoms with Crippen molar-refractivity contribution in [2.24, 2.45) is 17.8 Å². The van der Waals surface area contributed by atoms with Gasteiger partial charge < -0.3 is 15.0 Å². The summed E-state index contributed by atoms with van der Waals surface area (Å²) in [6, 6.07) is 0.698. The first kappa shape index (κ1) is 18.6. The molecule has 2 fully saturated rings. The quantitative estimate of drug-likeness (QED) is 0.848. The van der Waals surface area contributed by atoms with E-state index in [0.29, 0.717) is 12.0 Å². The standard InChI is InChI=1S/C19H36N2O2/c1-6-16-7-8-17(14(16)2)20-13-15-9-11-21(12-10-15)18(22)23-19(3,4)5/h14-17,20H,6-13H2,1-5H3. The van der Waals surface area contributed by atoms with Crippen LogP contribution in [-0.4, -0.2) is 42.3 Å². The van der Waals surface area contributed by atoms with E-state index in [4.69, 9.17) is 4.74 Å². The second-order valence-corrected chi connectivity index (χ2v) is 8.53. The molecule has 0 spiro atoms. The summed E-state index contributed by atoms with van der Waals surface area (Å²) >= 11 is 0. The number of carbonyl (C=O) groups excluding carboxylic acids is 1. The first-order valence-electron chi connectivity index (χ1n) is 9.51. The molecule has 4 heteroatoms. The van der Waals surface area contributed by atoms with Gasteiger partial charge in [-0.05, 0) is 70.8 Å². The Labute approximate surface area is 142 Å². The van der Waals surface area contributed by atoms with Gasteiger partial charge in [0.1, 0.15) is 5.60 Å². The molecule has 1 aliphatic carbocycles. The van der Waals surface area contributed by atoms with Crippen molar-refractivity contribution >= 4 is 6.09 Å². The number of amides is 1. The SMILES string of the molecule is CCC1CCC(NCC2CCN(C(=O)OC(C)(C)C)CC2)C1C. The van der Waals surface area contributed by atoms with Gasteiger partial charge in [-0.15, -0.1) is 0 Å². The highest BCUT2D eigenvalue weighted by molar-refractivity contribution is 5.68. The molecule has 2 rings (SSSR count). The van der Waals surface area contributed by atoms with Crippen LogP contribution in [-0.2, 0) is 4.74 Å². The Balaban J connectivity index is 1.68. The topological polar surface area (TPSA) is 41.6 Å². The molecule has 0 aromatic heterocycles. The van der Waals surface area contributed by atoms with Crippen LogP contribution in [0.15, 0.2) is 0 Å². The molecular formula is C19H36N2O2. The number of ether oxygens (including phenoxy) is 1. The molecule has 3 atom stereocenters. The molecule has 1 saturated heterocycles. The van der Waals surface area contributed by atoms with E-state index < -0.39 is 5.60 Å². The van der Waals surface area contributed by atoms with Gasteiger partial charge in [-0.2, -0.15) is 0 Å². The van der Waals surface area contributed by atoms with Crippen molar-refractivity contribution in [2.45, 2.75) is 78.4 Å². The maximum absolute atomic E-state index is 12.1. The van der Waals surface area contributed by atoms with Crippen molar-refractivity contribution < 1.29 is 9.53 Å². The van der Waals surface area contributed by atoms with E-state index in [2.05, 4.69) is 19.2 Å². The Morgan fingerprint density at radius 3 is 2.35 bits per heavy atom. The van der Waals surface area contributed by atoms with Gasteiger partial charge in [0.05, 0.1) is 0 Å². The van der Waals surface area contributed by atoms with E-state index in [-0.39, 0.29) is 6.09 Å². The summed E-state index contributed by atoms with van der Waals surface area (Å²) in [7, 11) is 0. The lowest BCUT2D eigenvalue weighted by atomic mass is 9.92. The zero-order valence-electron chi connectivity index (χ0n) is 15.7. The molecular weight excluding hydrogens is 288 g/mol. The second kappa shape index (κ2) is 7.87. The maximum Gasteiger partial charge on any atom is 0.410 e. The summed E-state index contributed by atoms with van der Waals surface area (Å²) in [4.78, 5) is 14.0. The Morgan fingerprint density at radius 2 is 1.83 bits per heavy atom. The third kappa shape index (κ3) is 5.37. The fourth-order valence-corrected chi connectivity index (χ4v) is 4.08. The molecule has 1 heterocycles. The minimum atomic E-state index is -0.399. The Bertz CT molecular complexity index is 383. The van der Waals surface area contributed by atoms with E-state index in [1.165, 1.54) is 19.3 Å². The van der Waals surface area contributed by atoms with Crippen LogP contribution >= 0.6 is 0 Å². The van der Waals surface area contributed by atoms with Crippen LogP contribution in [0.25, 0.3) is 0 Å². The molecule has 3 unspecified atom stereocenters. The molecule has 1 saturated carbocycles. The molecule has 1 N–H and O–H groups in total. The van der Waals surface area contributed by atoms with Gasteiger partial charge in [0.25, 0.3) is 0 Å². The summed E-state index contributed by atoms with van der Waals surface area (Å²) < 4.78 is 5.46. The second-order valence-electron chi connectivity index (χ2n) is 8.53. The fourth-order valence-electron chi connectivity index (χ4n) is 4.08. The molecule has 134 valence electrons. The predicted molar refractivity (Wildman–Crippen MR) is 94.5 cm³/mol. The Kier molecular flexibility index (Phi) is 6.35. The average Bonchev–Trinajstić information content (AvgIpc) is 2.84. The van der Waals surface area contributed by atoms with Gasteiger partial charge in [0.2, 0.25) is 0 Å². The van der Waals surface area contributed by atoms with Crippen LogP contribution in [0.3, 0.4) is 0 Å². The van der Waals surface area contributed by atoms with Crippen LogP contribution in [0.4, 0.5) is 4.79 Å². The molecule has 0 aromatic carbocycles. The monoisotopic (exact) mass is 324 g/mol. The highest BCUT2D eigenvalue weighted by atomic mass is 16.6. The van der Waals surface area contributed by atoms with Crippen LogP contribution in [0, 0.1) is 17.8 Å². The van der Waals surface area contributed by atoms with Crippen LogP contribution in [0.1, 0.15) is 66.7 Å². The molecule has 2 aliphatic rings. The number of hydrogen-bond donors (Lipinski definition) is 1. The maximum atomic E-state index is 12.1. The number of rotatable bonds is 4. The van der Waals surface area contributed by atoms with E-state index in [1.54, 1.807) is 0 Å². The Morgan fingerprint density at radius 1 is 1.17 bits per heavy atom. The normalized spacial score (nSPS) is 29.8. The summed E-state index contributed by atoms with van der Waals surface area (Å²) in [5.74, 6) is 2.41. The predicted octanol–water partition coefficient (Wildman–Crippen LogP) is 4.05. The fraction of sp³-hybridized carbons (Fsp3) is 0.947. The first-order chi connectivity index (χ1) is 10.8. The summed E-state index contributed by atoms with van der Waals surface area (Å²) in [6.45, 7) is 13.3. The highest BCUT2D eigenvalue weighted by Gasteiger charge is 2.32. The van der Waals surface area contributed by atoms with E-state index in [9.17, 15) is 4.79 Å². The number of hydrogen-bond acceptors (Lipinski definition) is 3. The zero-order valence-corrected chi connectivity index (χ0v) is 15.7. The molecule has 0 bridgehead atoms. The van der Waals surface area contributed by atoms with Crippen LogP contribution in [0.2, 0.25) is 0 Å². The summed E-state index contributed by atoms with van der Waals surface area (Å²) in [6.07, 6.45) is 6.05. The molecule has 0 radical (unpaired) electrons. The molecule has 1 amide bonds. The van der Waals surface area contributed by atoms with Crippen molar-refractivity contribution in [1.29, 1.82) is 0 Å². The smallest absolute Gasteiger partial charge is 0.410 e. The van der Waals surface area contributed by atoms with Gasteiger partial charge in [0, 0.05) is 19.1 Å². The lowest BCUT2D eigenvalue weighted by molar-refractivity contribution is 0.0183. The molecule has 1 aliphatic heterocycles. The van der Waals surface area contributed by atoms with Crippen molar-refractivity contribution in [3.8, 4) is 0 Å². The Hall–Kier alpha value is -0.770. The zero-order chi connectivity index (χ0) is 17.0. The van der Waals surface area contributed by atoms with Crippen LogP contribution < -0.4 is 5.32 Å². The minimum absolute atomic E-state index is 0.154. The number of nitrogens with zero attached hydrogens (tertiary/aromatic N) is 1. The largest absolute Gasteiger partial charge is 0.444 e. The van der Waals surface area contributed by atoms with Gasteiger partial charge >= 0.3 is 6.09 Å². The third-order valence-corrected chi connectivity index (χ3v) is 5.69. The van der Waals surface area contributed by atoms with E-state index >= 15 is 0 Å². The summed E-state index contributed by atoms with van der Waals surface area (Å²) in [5.41, 5.74) is -0.399. The van der Waals surface area contributed by atoms with Gasteiger partial charge in [0.15, 0.2) is 0 Å². The lowest BCUT2D eigenvalue weighted by Crippen LogP contribution is -2.44. The number of piperidine rings is 1. The number of likely N-dealkylation sites (tertiary alicyclic amines) is 1. The van der Waals surface area contributed by atoms with Crippen molar-refractivity contribution in [1.82, 2.24) is 10.2 Å². The lowest BCUT2D eigenvalue weighted by Gasteiger charge is -2.34. The minimum Gasteiger partial charge on any atom is -0.444 e. The van der Waals surface area contributed by atoms with Gasteiger partial charge in [-0.25, -0.2) is 4.79 Å². The van der Waals surface area contributed by atoms with Crippen molar-refractivity contribution in [3.05, 3.63) is 0 Å². The van der Waals surface area contributed by atoms with Gasteiger partial charge in [-0.1, -0.05) is 20.3 Å². The molecule has 0 aromatic rings. The van der Waals surface area contributed by atoms with E-state index in [1.807, 2.05) is 25.7 Å². The van der Waals surface area contributed by atoms with Crippen LogP contribution in [0.5, 0.6) is 0 Å². The molecule has 4 nitrogen and oxygen atoms in total. The van der Waals surface area contributed by atoms with Crippen molar-refractivity contribution in [3.63, 3.8) is 0 Å². The van der Waals surface area contributed by atoms with E-state index in [0.717, 1.165) is 44.3 Å². The third-order valence-electron chi connectivity index (χ3n) is 5.69. The highest BCUT2D eigenvalue weighted by Crippen LogP contribution is 2.34. The van der Waals surface area contributed by atoms with Gasteiger partial charge in [-0.3, -0.25) is 0 Å². The summed E-state index contributed by atoms with van der Waals surface area (Å²) in [5, 5.41) is 3.81. The molecule has 23 heavy (non-hydrogen) atoms. The first-order valence-corrected chi connectivity index (χ1v) is 9.51. The van der Waals surface area contributed by atoms with Crippen molar-refractivity contribution in [2.75, 3.05) is 19.6 Å². The average molecular weight is 325 g/mol.